The van der Waals surface area contributed by atoms with Crippen LogP contribution in [0.25, 0.3) is 0 Å². The van der Waals surface area contributed by atoms with Crippen molar-refractivity contribution in [3.8, 4) is 0 Å². The molecule has 0 atom stereocenters. The van der Waals surface area contributed by atoms with Gasteiger partial charge < -0.3 is 4.48 Å². The maximum absolute atomic E-state index is 14.9. The van der Waals surface area contributed by atoms with E-state index in [0.717, 1.165) is 12.7 Å². The van der Waals surface area contributed by atoms with Crippen LogP contribution >= 0.6 is 0 Å². The van der Waals surface area contributed by atoms with Gasteiger partial charge in [-0.3, -0.25) is 0 Å². The second-order valence-corrected chi connectivity index (χ2v) is 8.55. The molecule has 0 aliphatic heterocycles. The molecule has 0 spiro atoms. The predicted octanol–water partition coefficient (Wildman–Crippen LogP) is 6.89. The van der Waals surface area contributed by atoms with E-state index >= 15 is 0 Å². The molecule has 0 N–H and O–H groups in total. The van der Waals surface area contributed by atoms with Gasteiger partial charge in [-0.1, -0.05) is 61.0 Å². The second kappa shape index (κ2) is 13.5. The van der Waals surface area contributed by atoms with Crippen LogP contribution in [0.15, 0.2) is 72.8 Å². The number of hydrogen-bond donors (Lipinski definition) is 0. The highest BCUT2D eigenvalue weighted by atomic mass is 19.1. The van der Waals surface area contributed by atoms with Crippen molar-refractivity contribution >= 4 is 7.85 Å². The van der Waals surface area contributed by atoms with E-state index in [1.807, 2.05) is 0 Å². The Morgan fingerprint density at radius 1 is 0.600 bits per heavy atom. The van der Waals surface area contributed by atoms with Gasteiger partial charge in [0.2, 0.25) is 0 Å². The lowest BCUT2D eigenvalue weighted by atomic mass is 9.65. The topological polar surface area (TPSA) is 0 Å². The average Bonchev–Trinajstić information content (AvgIpc) is 2.89. The molecule has 35 heavy (non-hydrogen) atoms. The molecule has 0 saturated heterocycles. The molecule has 3 aromatic carbocycles. The Kier molecular flexibility index (Phi) is 11.1. The molecular weight excluding hydrogens is 442 g/mol. The molecule has 0 heterocycles. The first-order valence-electron chi connectivity index (χ1n) is 12.2. The van der Waals surface area contributed by atoms with E-state index in [-0.39, 0.29) is 7.85 Å². The highest BCUT2D eigenvalue weighted by molar-refractivity contribution is 6.08. The highest BCUT2D eigenvalue weighted by Crippen LogP contribution is 2.46. The van der Waals surface area contributed by atoms with Crippen LogP contribution in [0, 0.1) is 17.5 Å². The van der Waals surface area contributed by atoms with Gasteiger partial charge in [0.15, 0.2) is 0 Å². The monoisotopic (exact) mass is 483 g/mol. The standard InChI is InChI=1S/C22H21BF3.C8H20N/c23-15-7-14-22(16-8-1-4-11-19(16)24,17-9-2-5-12-20(17)25)18-10-3-6-13-21(18)26;1-5-9(6-2,7-3)8-4/h1-6,8-13H,7,14-15H2,23H3;5-8H2,1-4H3/q-1;+1. The zero-order valence-electron chi connectivity index (χ0n) is 21.0. The van der Waals surface area contributed by atoms with Gasteiger partial charge in [0.1, 0.15) is 17.5 Å². The second-order valence-electron chi connectivity index (χ2n) is 8.55. The lowest BCUT2D eigenvalue weighted by molar-refractivity contribution is -0.921. The zero-order chi connectivity index (χ0) is 25.9. The fraction of sp³-hybridized carbons (Fsp3) is 0.400. The largest absolute Gasteiger partial charge is 0.325 e. The number of quaternary nitrogens is 1. The molecule has 3 aromatic rings. The van der Waals surface area contributed by atoms with Crippen LogP contribution in [0.1, 0.15) is 57.2 Å². The molecule has 1 nitrogen and oxygen atoms in total. The number of rotatable bonds is 10. The van der Waals surface area contributed by atoms with Crippen LogP contribution in [-0.2, 0) is 5.41 Å². The van der Waals surface area contributed by atoms with Crippen LogP contribution in [0.4, 0.5) is 13.2 Å². The summed E-state index contributed by atoms with van der Waals surface area (Å²) >= 11 is 0. The number of benzene rings is 3. The van der Waals surface area contributed by atoms with Gasteiger partial charge in [0.05, 0.1) is 31.6 Å². The Hall–Kier alpha value is -2.53. The van der Waals surface area contributed by atoms with Crippen molar-refractivity contribution in [2.75, 3.05) is 26.2 Å². The van der Waals surface area contributed by atoms with Crippen molar-refractivity contribution in [1.82, 2.24) is 0 Å². The highest BCUT2D eigenvalue weighted by Gasteiger charge is 2.41. The van der Waals surface area contributed by atoms with Gasteiger partial charge in [0, 0.05) is 16.7 Å². The van der Waals surface area contributed by atoms with Crippen LogP contribution < -0.4 is 0 Å². The minimum absolute atomic E-state index is 0.162. The predicted molar refractivity (Wildman–Crippen MR) is 145 cm³/mol. The molecule has 0 unspecified atom stereocenters. The summed E-state index contributed by atoms with van der Waals surface area (Å²) in [4.78, 5) is 0. The molecule has 0 saturated carbocycles. The van der Waals surface area contributed by atoms with Crippen molar-refractivity contribution in [3.05, 3.63) is 107 Å². The van der Waals surface area contributed by atoms with Gasteiger partial charge in [-0.05, 0) is 60.2 Å². The van der Waals surface area contributed by atoms with Gasteiger partial charge in [-0.25, -0.2) is 13.2 Å². The third kappa shape index (κ3) is 6.38. The minimum atomic E-state index is -1.18. The third-order valence-electron chi connectivity index (χ3n) is 7.24. The summed E-state index contributed by atoms with van der Waals surface area (Å²) in [7, 11) is 0.162. The van der Waals surface area contributed by atoms with Crippen molar-refractivity contribution < 1.29 is 17.7 Å². The van der Waals surface area contributed by atoms with Crippen molar-refractivity contribution in [2.24, 2.45) is 0 Å². The summed E-state index contributed by atoms with van der Waals surface area (Å²) in [5.74, 6) is -1.33. The quantitative estimate of drug-likeness (QED) is 0.167. The fourth-order valence-corrected chi connectivity index (χ4v) is 4.87. The molecule has 5 heteroatoms. The molecule has 0 radical (unpaired) electrons. The molecule has 0 amide bonds. The normalized spacial score (nSPS) is 11.7. The van der Waals surface area contributed by atoms with E-state index in [1.54, 1.807) is 54.6 Å². The van der Waals surface area contributed by atoms with E-state index in [1.165, 1.54) is 48.9 Å². The summed E-state index contributed by atoms with van der Waals surface area (Å²) in [6.07, 6.45) is 2.37. The van der Waals surface area contributed by atoms with Crippen LogP contribution in [0.5, 0.6) is 0 Å². The summed E-state index contributed by atoms with van der Waals surface area (Å²) in [6, 6.07) is 19.0. The van der Waals surface area contributed by atoms with E-state index in [9.17, 15) is 13.2 Å². The van der Waals surface area contributed by atoms with Crippen molar-refractivity contribution in [3.63, 3.8) is 0 Å². The SMILES string of the molecule is CC[N+](CC)(CC)CC.[BH3-]CCCC(c1ccccc1F)(c1ccccc1F)c1ccccc1F. The Balaban J connectivity index is 0.000000410. The van der Waals surface area contributed by atoms with Crippen LogP contribution in [0.3, 0.4) is 0 Å². The van der Waals surface area contributed by atoms with E-state index in [0.29, 0.717) is 23.1 Å². The summed E-state index contributed by atoms with van der Waals surface area (Å²) in [6.45, 7) is 14.2. The first-order valence-corrected chi connectivity index (χ1v) is 12.2. The fourth-order valence-electron chi connectivity index (χ4n) is 4.87. The average molecular weight is 483 g/mol. The number of nitrogens with zero attached hydrogens (tertiary/aromatic N) is 1. The minimum Gasteiger partial charge on any atom is -0.325 e. The maximum atomic E-state index is 14.9. The molecule has 0 fully saturated rings. The lowest BCUT2D eigenvalue weighted by Crippen LogP contribution is -2.47. The lowest BCUT2D eigenvalue weighted by Gasteiger charge is -2.37. The molecule has 0 aliphatic rings. The maximum Gasteiger partial charge on any atom is 0.127 e. The van der Waals surface area contributed by atoms with Crippen LogP contribution in [-0.4, -0.2) is 38.5 Å². The van der Waals surface area contributed by atoms with Gasteiger partial charge >= 0.3 is 0 Å². The van der Waals surface area contributed by atoms with Gasteiger partial charge in [0.25, 0.3) is 0 Å². The van der Waals surface area contributed by atoms with Crippen molar-refractivity contribution in [1.29, 1.82) is 0 Å². The number of hydrogen-bond acceptors (Lipinski definition) is 0. The van der Waals surface area contributed by atoms with Crippen molar-refractivity contribution in [2.45, 2.75) is 52.3 Å². The van der Waals surface area contributed by atoms with E-state index < -0.39 is 22.9 Å². The zero-order valence-corrected chi connectivity index (χ0v) is 21.0. The third-order valence-corrected chi connectivity index (χ3v) is 7.24. The first kappa shape index (κ1) is 28.7. The molecule has 190 valence electrons. The Bertz CT molecular complexity index is 921. The number of halogens is 3. The Labute approximate surface area is 211 Å². The first-order chi connectivity index (χ1) is 16.9. The Morgan fingerprint density at radius 2 is 0.914 bits per heavy atom. The van der Waals surface area contributed by atoms with Gasteiger partial charge in [-0.2, -0.15) is 6.32 Å². The molecule has 0 aliphatic carbocycles. The van der Waals surface area contributed by atoms with Gasteiger partial charge in [-0.15, -0.1) is 0 Å². The van der Waals surface area contributed by atoms with E-state index in [4.69, 9.17) is 0 Å². The smallest absolute Gasteiger partial charge is 0.127 e. The molecule has 3 rings (SSSR count). The summed E-state index contributed by atoms with van der Waals surface area (Å²) in [5, 5.41) is 0. The Morgan fingerprint density at radius 3 is 1.14 bits per heavy atom. The van der Waals surface area contributed by atoms with E-state index in [2.05, 4.69) is 27.7 Å². The molecular formula is C30H41BF3N. The summed E-state index contributed by atoms with van der Waals surface area (Å²) < 4.78 is 46.0. The molecule has 0 aromatic heterocycles. The summed E-state index contributed by atoms with van der Waals surface area (Å²) in [5.41, 5.74) is -0.216. The van der Waals surface area contributed by atoms with Crippen LogP contribution in [0.2, 0.25) is 6.32 Å². The molecule has 0 bridgehead atoms.